The predicted octanol–water partition coefficient (Wildman–Crippen LogP) is 1.30. The van der Waals surface area contributed by atoms with Gasteiger partial charge in [0.15, 0.2) is 0 Å². The van der Waals surface area contributed by atoms with Crippen molar-refractivity contribution in [3.63, 3.8) is 0 Å². The zero-order valence-corrected chi connectivity index (χ0v) is 10.2. The van der Waals surface area contributed by atoms with Crippen molar-refractivity contribution >= 4 is 9.84 Å². The van der Waals surface area contributed by atoms with Crippen molar-refractivity contribution in [2.45, 2.75) is 18.9 Å². The summed E-state index contributed by atoms with van der Waals surface area (Å²) in [7, 11) is -3.14. The summed E-state index contributed by atoms with van der Waals surface area (Å²) < 4.78 is 47.4. The van der Waals surface area contributed by atoms with Crippen LogP contribution in [0.15, 0.2) is 18.2 Å². The Kier molecular flexibility index (Phi) is 4.59. The average molecular weight is 264 g/mol. The van der Waals surface area contributed by atoms with E-state index in [2.05, 4.69) is 0 Å². The van der Waals surface area contributed by atoms with E-state index >= 15 is 0 Å². The molecule has 0 aromatic heterocycles. The Morgan fingerprint density at radius 3 is 2.24 bits per heavy atom. The molecule has 0 amide bonds. The van der Waals surface area contributed by atoms with Gasteiger partial charge in [0.25, 0.3) is 0 Å². The van der Waals surface area contributed by atoms with Gasteiger partial charge in [-0.3, -0.25) is 0 Å². The van der Waals surface area contributed by atoms with Crippen LogP contribution in [0.1, 0.15) is 12.0 Å². The zero-order chi connectivity index (χ0) is 13.1. The van der Waals surface area contributed by atoms with E-state index in [4.69, 9.17) is 0 Å². The number of benzene rings is 1. The van der Waals surface area contributed by atoms with Crippen LogP contribution in [-0.4, -0.2) is 31.6 Å². The van der Waals surface area contributed by atoms with Gasteiger partial charge < -0.3 is 5.11 Å². The molecule has 1 aromatic rings. The summed E-state index contributed by atoms with van der Waals surface area (Å²) >= 11 is 0. The lowest BCUT2D eigenvalue weighted by atomic mass is 10.1. The lowest BCUT2D eigenvalue weighted by Gasteiger charge is -2.10. The van der Waals surface area contributed by atoms with Crippen LogP contribution in [0.5, 0.6) is 0 Å². The molecule has 0 aliphatic carbocycles. The predicted molar refractivity (Wildman–Crippen MR) is 60.4 cm³/mol. The summed E-state index contributed by atoms with van der Waals surface area (Å²) in [5, 5.41) is 9.54. The third-order valence-electron chi connectivity index (χ3n) is 2.22. The Hall–Kier alpha value is -1.01. The van der Waals surface area contributed by atoms with Crippen LogP contribution in [0.4, 0.5) is 8.78 Å². The summed E-state index contributed by atoms with van der Waals surface area (Å²) in [5.74, 6) is -1.57. The van der Waals surface area contributed by atoms with E-state index in [-0.39, 0.29) is 18.6 Å². The van der Waals surface area contributed by atoms with E-state index in [9.17, 15) is 22.3 Å². The van der Waals surface area contributed by atoms with Crippen molar-refractivity contribution in [3.05, 3.63) is 35.4 Å². The van der Waals surface area contributed by atoms with Gasteiger partial charge in [-0.25, -0.2) is 17.2 Å². The minimum atomic E-state index is -3.14. The third kappa shape index (κ3) is 5.74. The second kappa shape index (κ2) is 5.55. The van der Waals surface area contributed by atoms with Crippen molar-refractivity contribution < 1.29 is 22.3 Å². The van der Waals surface area contributed by atoms with Crippen molar-refractivity contribution in [3.8, 4) is 0 Å². The highest BCUT2D eigenvalue weighted by Gasteiger charge is 2.11. The lowest BCUT2D eigenvalue weighted by molar-refractivity contribution is 0.171. The molecule has 96 valence electrons. The number of halogens is 2. The summed E-state index contributed by atoms with van der Waals surface area (Å²) in [6.07, 6.45) is 0.230. The molecule has 0 aliphatic rings. The van der Waals surface area contributed by atoms with Gasteiger partial charge in [-0.1, -0.05) is 0 Å². The molecule has 0 heterocycles. The maximum atomic E-state index is 12.8. The maximum absolute atomic E-state index is 12.8. The Morgan fingerprint density at radius 2 is 1.76 bits per heavy atom. The molecule has 1 N–H and O–H groups in total. The molecule has 0 bridgehead atoms. The van der Waals surface area contributed by atoms with Crippen molar-refractivity contribution in [2.24, 2.45) is 0 Å². The number of hydrogen-bond acceptors (Lipinski definition) is 3. The fourth-order valence-corrected chi connectivity index (χ4v) is 2.15. The first-order chi connectivity index (χ1) is 7.76. The largest absolute Gasteiger partial charge is 0.393 e. The topological polar surface area (TPSA) is 54.4 Å². The molecule has 1 unspecified atom stereocenters. The van der Waals surface area contributed by atoms with E-state index in [0.717, 1.165) is 24.5 Å². The summed E-state index contributed by atoms with van der Waals surface area (Å²) in [5.41, 5.74) is 0.309. The van der Waals surface area contributed by atoms with Crippen LogP contribution in [0.3, 0.4) is 0 Å². The fourth-order valence-electron chi connectivity index (χ4n) is 1.45. The second-order valence-electron chi connectivity index (χ2n) is 4.05. The average Bonchev–Trinajstić information content (AvgIpc) is 2.11. The number of rotatable bonds is 5. The van der Waals surface area contributed by atoms with E-state index in [1.807, 2.05) is 0 Å². The molecule has 0 radical (unpaired) electrons. The highest BCUT2D eigenvalue weighted by molar-refractivity contribution is 7.90. The first kappa shape index (κ1) is 14.1. The smallest absolute Gasteiger partial charge is 0.147 e. The number of hydrogen-bond donors (Lipinski definition) is 1. The normalized spacial score (nSPS) is 13.6. The molecule has 17 heavy (non-hydrogen) atoms. The van der Waals surface area contributed by atoms with Gasteiger partial charge in [-0.05, 0) is 30.5 Å². The van der Waals surface area contributed by atoms with Crippen molar-refractivity contribution in [1.29, 1.82) is 0 Å². The zero-order valence-electron chi connectivity index (χ0n) is 9.36. The molecule has 0 saturated heterocycles. The van der Waals surface area contributed by atoms with Gasteiger partial charge >= 0.3 is 0 Å². The Bertz CT molecular complexity index is 465. The molecule has 1 rings (SSSR count). The van der Waals surface area contributed by atoms with E-state index < -0.39 is 27.6 Å². The minimum absolute atomic E-state index is 0.0319. The molecular formula is C11H14F2O3S. The molecule has 3 nitrogen and oxygen atoms in total. The van der Waals surface area contributed by atoms with E-state index in [1.165, 1.54) is 0 Å². The third-order valence-corrected chi connectivity index (χ3v) is 3.19. The number of aliphatic hydroxyl groups is 1. The van der Waals surface area contributed by atoms with Crippen LogP contribution in [0.25, 0.3) is 0 Å². The quantitative estimate of drug-likeness (QED) is 0.872. The first-order valence-electron chi connectivity index (χ1n) is 5.07. The van der Waals surface area contributed by atoms with Gasteiger partial charge in [-0.2, -0.15) is 0 Å². The summed E-state index contributed by atoms with van der Waals surface area (Å²) in [4.78, 5) is 0. The highest BCUT2D eigenvalue weighted by atomic mass is 32.2. The monoisotopic (exact) mass is 264 g/mol. The van der Waals surface area contributed by atoms with Gasteiger partial charge in [0.05, 0.1) is 11.9 Å². The Morgan fingerprint density at radius 1 is 1.24 bits per heavy atom. The van der Waals surface area contributed by atoms with Gasteiger partial charge in [0.1, 0.15) is 21.5 Å². The van der Waals surface area contributed by atoms with Crippen LogP contribution in [0, 0.1) is 11.6 Å². The first-order valence-corrected chi connectivity index (χ1v) is 7.13. The molecule has 1 aromatic carbocycles. The molecular weight excluding hydrogens is 250 g/mol. The van der Waals surface area contributed by atoms with Gasteiger partial charge in [0, 0.05) is 12.3 Å². The molecule has 1 atom stereocenters. The van der Waals surface area contributed by atoms with Crippen molar-refractivity contribution in [1.82, 2.24) is 0 Å². The maximum Gasteiger partial charge on any atom is 0.147 e. The second-order valence-corrected chi connectivity index (χ2v) is 6.31. The van der Waals surface area contributed by atoms with Gasteiger partial charge in [0.2, 0.25) is 0 Å². The van der Waals surface area contributed by atoms with Crippen LogP contribution in [-0.2, 0) is 16.3 Å². The lowest BCUT2D eigenvalue weighted by Crippen LogP contribution is -2.16. The SMILES string of the molecule is CS(=O)(=O)CCC(O)Cc1cc(F)cc(F)c1. The fraction of sp³-hybridized carbons (Fsp3) is 0.455. The van der Waals surface area contributed by atoms with Crippen molar-refractivity contribution in [2.75, 3.05) is 12.0 Å². The van der Waals surface area contributed by atoms with E-state index in [1.54, 1.807) is 0 Å². The highest BCUT2D eigenvalue weighted by Crippen LogP contribution is 2.11. The molecule has 0 saturated carbocycles. The van der Waals surface area contributed by atoms with Crippen LogP contribution in [0.2, 0.25) is 0 Å². The minimum Gasteiger partial charge on any atom is -0.393 e. The Labute approximate surface area is 99.0 Å². The number of sulfone groups is 1. The summed E-state index contributed by atoms with van der Waals surface area (Å²) in [6, 6.07) is 2.98. The Balaban J connectivity index is 2.59. The molecule has 0 spiro atoms. The number of aliphatic hydroxyl groups excluding tert-OH is 1. The molecule has 6 heteroatoms. The van der Waals surface area contributed by atoms with E-state index in [0.29, 0.717) is 5.56 Å². The van der Waals surface area contributed by atoms with Crippen LogP contribution >= 0.6 is 0 Å². The van der Waals surface area contributed by atoms with Gasteiger partial charge in [-0.15, -0.1) is 0 Å². The summed E-state index contributed by atoms with van der Waals surface area (Å²) in [6.45, 7) is 0. The molecule has 0 fully saturated rings. The standard InChI is InChI=1S/C11H14F2O3S/c1-17(15,16)3-2-11(14)6-8-4-9(12)7-10(13)5-8/h4-5,7,11,14H,2-3,6H2,1H3. The molecule has 0 aliphatic heterocycles. The van der Waals surface area contributed by atoms with Crippen LogP contribution < -0.4 is 0 Å².